The number of carbonyl (C=O) groups excluding carboxylic acids is 1. The lowest BCUT2D eigenvalue weighted by Crippen LogP contribution is -2.42. The molecule has 0 aromatic heterocycles. The van der Waals surface area contributed by atoms with E-state index in [0.29, 0.717) is 0 Å². The van der Waals surface area contributed by atoms with Gasteiger partial charge in [-0.05, 0) is 50.6 Å². The summed E-state index contributed by atoms with van der Waals surface area (Å²) in [6.45, 7) is 4.06. The fourth-order valence-corrected chi connectivity index (χ4v) is 2.93. The van der Waals surface area contributed by atoms with E-state index in [9.17, 15) is 4.79 Å². The highest BCUT2D eigenvalue weighted by atomic mass is 16.5. The van der Waals surface area contributed by atoms with E-state index in [0.717, 1.165) is 43.7 Å². The Labute approximate surface area is 127 Å². The molecule has 0 saturated carbocycles. The molecule has 1 N–H and O–H groups in total. The van der Waals surface area contributed by atoms with Crippen molar-refractivity contribution in [3.63, 3.8) is 0 Å². The number of benzene rings is 1. The van der Waals surface area contributed by atoms with E-state index in [1.54, 1.807) is 7.11 Å². The minimum atomic E-state index is 0.0793. The minimum absolute atomic E-state index is 0.0793. The third-order valence-electron chi connectivity index (χ3n) is 4.24. The highest BCUT2D eigenvalue weighted by Gasteiger charge is 2.25. The molecule has 1 saturated heterocycles. The second-order valence-corrected chi connectivity index (χ2v) is 5.84. The maximum Gasteiger partial charge on any atom is 0.224 e. The number of amides is 1. The van der Waals surface area contributed by atoms with Crippen LogP contribution < -0.4 is 10.1 Å². The Bertz CT molecular complexity index is 458. The summed E-state index contributed by atoms with van der Waals surface area (Å²) in [6.07, 6.45) is 2.99. The number of nitrogens with one attached hydrogen (secondary N) is 1. The van der Waals surface area contributed by atoms with Crippen molar-refractivity contribution in [2.24, 2.45) is 5.92 Å². The second kappa shape index (κ2) is 7.46. The predicted molar refractivity (Wildman–Crippen MR) is 84.4 cm³/mol. The van der Waals surface area contributed by atoms with E-state index < -0.39 is 0 Å². The van der Waals surface area contributed by atoms with Gasteiger partial charge in [-0.15, -0.1) is 0 Å². The summed E-state index contributed by atoms with van der Waals surface area (Å²) in [5.41, 5.74) is 1.14. The molecule has 0 unspecified atom stereocenters. The molecule has 2 atom stereocenters. The first-order valence-electron chi connectivity index (χ1n) is 7.77. The molecule has 21 heavy (non-hydrogen) atoms. The number of ether oxygens (including phenoxy) is 1. The second-order valence-electron chi connectivity index (χ2n) is 5.84. The first-order chi connectivity index (χ1) is 10.1. The van der Waals surface area contributed by atoms with E-state index in [1.807, 2.05) is 24.3 Å². The number of methoxy groups -OCH3 is 1. The van der Waals surface area contributed by atoms with Crippen LogP contribution in [0, 0.1) is 5.92 Å². The zero-order chi connectivity index (χ0) is 15.2. The summed E-state index contributed by atoms with van der Waals surface area (Å²) in [4.78, 5) is 14.7. The average molecular weight is 290 g/mol. The number of hydrogen-bond donors (Lipinski definition) is 1. The molecular weight excluding hydrogens is 264 g/mol. The molecule has 0 spiro atoms. The minimum Gasteiger partial charge on any atom is -0.497 e. The third kappa shape index (κ3) is 4.21. The van der Waals surface area contributed by atoms with Gasteiger partial charge in [-0.25, -0.2) is 0 Å². The van der Waals surface area contributed by atoms with Crippen LogP contribution in [0.15, 0.2) is 24.3 Å². The Balaban J connectivity index is 1.98. The van der Waals surface area contributed by atoms with E-state index >= 15 is 0 Å². The van der Waals surface area contributed by atoms with Crippen LogP contribution in [-0.4, -0.2) is 38.1 Å². The fraction of sp³-hybridized carbons (Fsp3) is 0.588. The van der Waals surface area contributed by atoms with Crippen molar-refractivity contribution in [3.05, 3.63) is 29.8 Å². The third-order valence-corrected chi connectivity index (χ3v) is 4.24. The summed E-state index contributed by atoms with van der Waals surface area (Å²) < 4.78 is 5.18. The van der Waals surface area contributed by atoms with Gasteiger partial charge in [0.25, 0.3) is 0 Å². The SMILES string of the molecule is CC[C@H](NC(=O)[C@@H]1CCCN(C)C1)c1ccc(OC)cc1. The van der Waals surface area contributed by atoms with Crippen molar-refractivity contribution >= 4 is 5.91 Å². The molecule has 1 aromatic rings. The molecule has 0 radical (unpaired) electrons. The summed E-state index contributed by atoms with van der Waals surface area (Å²) >= 11 is 0. The molecule has 116 valence electrons. The normalized spacial score (nSPS) is 20.8. The molecule has 1 fully saturated rings. The largest absolute Gasteiger partial charge is 0.497 e. The van der Waals surface area contributed by atoms with Gasteiger partial charge in [0.05, 0.1) is 19.1 Å². The Morgan fingerprint density at radius 1 is 1.43 bits per heavy atom. The summed E-state index contributed by atoms with van der Waals surface area (Å²) in [7, 11) is 3.74. The molecule has 0 aliphatic carbocycles. The quantitative estimate of drug-likeness (QED) is 0.906. The Hall–Kier alpha value is -1.55. The predicted octanol–water partition coefficient (Wildman–Crippen LogP) is 2.60. The number of nitrogens with zero attached hydrogens (tertiary/aromatic N) is 1. The average Bonchev–Trinajstić information content (AvgIpc) is 2.52. The van der Waals surface area contributed by atoms with Crippen LogP contribution in [0.3, 0.4) is 0 Å². The summed E-state index contributed by atoms with van der Waals surface area (Å²) in [6, 6.07) is 8.02. The van der Waals surface area contributed by atoms with Gasteiger partial charge in [0.2, 0.25) is 5.91 Å². The molecule has 4 heteroatoms. The van der Waals surface area contributed by atoms with Crippen LogP contribution in [0.25, 0.3) is 0 Å². The first kappa shape index (κ1) is 15.8. The maximum absolute atomic E-state index is 12.4. The molecule has 1 aliphatic heterocycles. The first-order valence-corrected chi connectivity index (χ1v) is 7.77. The van der Waals surface area contributed by atoms with E-state index in [4.69, 9.17) is 4.74 Å². The highest BCUT2D eigenvalue weighted by molar-refractivity contribution is 5.79. The van der Waals surface area contributed by atoms with Crippen LogP contribution in [0.5, 0.6) is 5.75 Å². The van der Waals surface area contributed by atoms with Gasteiger partial charge in [0.15, 0.2) is 0 Å². The number of rotatable bonds is 5. The van der Waals surface area contributed by atoms with Crippen LogP contribution in [0.4, 0.5) is 0 Å². The van der Waals surface area contributed by atoms with Gasteiger partial charge >= 0.3 is 0 Å². The Morgan fingerprint density at radius 2 is 2.14 bits per heavy atom. The summed E-state index contributed by atoms with van der Waals surface area (Å²) in [5.74, 6) is 1.15. The maximum atomic E-state index is 12.4. The zero-order valence-electron chi connectivity index (χ0n) is 13.3. The molecule has 1 aliphatic rings. The van der Waals surface area contributed by atoms with Gasteiger partial charge in [0, 0.05) is 6.54 Å². The smallest absolute Gasteiger partial charge is 0.224 e. The van der Waals surface area contributed by atoms with Gasteiger partial charge in [-0.3, -0.25) is 4.79 Å². The molecule has 1 heterocycles. The van der Waals surface area contributed by atoms with Gasteiger partial charge in [0.1, 0.15) is 5.75 Å². The zero-order valence-corrected chi connectivity index (χ0v) is 13.3. The lowest BCUT2D eigenvalue weighted by Gasteiger charge is -2.30. The van der Waals surface area contributed by atoms with Crippen molar-refractivity contribution in [1.29, 1.82) is 0 Å². The lowest BCUT2D eigenvalue weighted by molar-refractivity contribution is -0.127. The Kier molecular flexibility index (Phi) is 5.62. The number of likely N-dealkylation sites (tertiary alicyclic amines) is 1. The van der Waals surface area contributed by atoms with Crippen molar-refractivity contribution in [3.8, 4) is 5.75 Å². The monoisotopic (exact) mass is 290 g/mol. The lowest BCUT2D eigenvalue weighted by atomic mass is 9.96. The molecular formula is C17H26N2O2. The van der Waals surface area contributed by atoms with Gasteiger partial charge < -0.3 is 15.0 Å². The fourth-order valence-electron chi connectivity index (χ4n) is 2.93. The van der Waals surface area contributed by atoms with Crippen LogP contribution >= 0.6 is 0 Å². The number of hydrogen-bond acceptors (Lipinski definition) is 3. The summed E-state index contributed by atoms with van der Waals surface area (Å²) in [5, 5.41) is 3.20. The van der Waals surface area contributed by atoms with Crippen molar-refractivity contribution in [2.75, 3.05) is 27.2 Å². The van der Waals surface area contributed by atoms with Crippen molar-refractivity contribution < 1.29 is 9.53 Å². The number of carbonyl (C=O) groups is 1. The molecule has 1 amide bonds. The van der Waals surface area contributed by atoms with Crippen LogP contribution in [-0.2, 0) is 4.79 Å². The topological polar surface area (TPSA) is 41.6 Å². The van der Waals surface area contributed by atoms with E-state index in [2.05, 4.69) is 24.2 Å². The van der Waals surface area contributed by atoms with E-state index in [-0.39, 0.29) is 17.9 Å². The van der Waals surface area contributed by atoms with Gasteiger partial charge in [-0.2, -0.15) is 0 Å². The molecule has 1 aromatic carbocycles. The molecule has 4 nitrogen and oxygen atoms in total. The van der Waals surface area contributed by atoms with Gasteiger partial charge in [-0.1, -0.05) is 19.1 Å². The number of piperidine rings is 1. The Morgan fingerprint density at radius 3 is 2.71 bits per heavy atom. The standard InChI is InChI=1S/C17H26N2O2/c1-4-16(13-7-9-15(21-3)10-8-13)18-17(20)14-6-5-11-19(2)12-14/h7-10,14,16H,4-6,11-12H2,1-3H3,(H,18,20)/t14-,16+/m1/s1. The highest BCUT2D eigenvalue weighted by Crippen LogP contribution is 2.22. The van der Waals surface area contributed by atoms with Crippen LogP contribution in [0.2, 0.25) is 0 Å². The molecule has 2 rings (SSSR count). The van der Waals surface area contributed by atoms with Crippen molar-refractivity contribution in [1.82, 2.24) is 10.2 Å². The van der Waals surface area contributed by atoms with Crippen molar-refractivity contribution in [2.45, 2.75) is 32.2 Å². The van der Waals surface area contributed by atoms with E-state index in [1.165, 1.54) is 0 Å². The van der Waals surface area contributed by atoms with Crippen LogP contribution in [0.1, 0.15) is 37.8 Å². The molecule has 0 bridgehead atoms.